The van der Waals surface area contributed by atoms with E-state index in [0.29, 0.717) is 17.9 Å². The molecule has 1 aromatic carbocycles. The molecule has 0 bridgehead atoms. The summed E-state index contributed by atoms with van der Waals surface area (Å²) < 4.78 is 7.48. The first-order valence-electron chi connectivity index (χ1n) is 8.29. The highest BCUT2D eigenvalue weighted by Crippen LogP contribution is 2.33. The van der Waals surface area contributed by atoms with Crippen molar-refractivity contribution in [3.63, 3.8) is 0 Å². The molecular weight excluding hydrogens is 316 g/mol. The van der Waals surface area contributed by atoms with E-state index in [-0.39, 0.29) is 17.6 Å². The van der Waals surface area contributed by atoms with Gasteiger partial charge in [-0.3, -0.25) is 9.59 Å². The number of hydrogen-bond acceptors (Lipinski definition) is 3. The minimum Gasteiger partial charge on any atom is -0.490 e. The van der Waals surface area contributed by atoms with Gasteiger partial charge in [0.1, 0.15) is 5.75 Å². The second kappa shape index (κ2) is 7.83. The summed E-state index contributed by atoms with van der Waals surface area (Å²) >= 11 is 0. The molecule has 0 aliphatic heterocycles. The number of hydrogen-bond donors (Lipinski definition) is 1. The van der Waals surface area contributed by atoms with Crippen LogP contribution in [0, 0.1) is 0 Å². The highest BCUT2D eigenvalue weighted by molar-refractivity contribution is 5.99. The Morgan fingerprint density at radius 1 is 1.36 bits per heavy atom. The van der Waals surface area contributed by atoms with E-state index in [4.69, 9.17) is 4.74 Å². The average molecular weight is 340 g/mol. The van der Waals surface area contributed by atoms with Crippen molar-refractivity contribution in [2.45, 2.75) is 33.3 Å². The summed E-state index contributed by atoms with van der Waals surface area (Å²) in [4.78, 5) is 23.7. The van der Waals surface area contributed by atoms with Crippen LogP contribution in [0.15, 0.2) is 47.9 Å². The SMILES string of the molecule is C=CC(=O)Nc1ccc(OC(C)C)c(-c2cc(CC)c(=O)n(C)c2)c1. The van der Waals surface area contributed by atoms with Gasteiger partial charge in [0.25, 0.3) is 5.56 Å². The molecule has 1 N–H and O–H groups in total. The average Bonchev–Trinajstić information content (AvgIpc) is 2.58. The third-order valence-electron chi connectivity index (χ3n) is 3.74. The molecule has 1 amide bonds. The van der Waals surface area contributed by atoms with E-state index in [9.17, 15) is 9.59 Å². The summed E-state index contributed by atoms with van der Waals surface area (Å²) in [5.41, 5.74) is 3.05. The molecule has 0 radical (unpaired) electrons. The van der Waals surface area contributed by atoms with Crippen molar-refractivity contribution < 1.29 is 9.53 Å². The highest BCUT2D eigenvalue weighted by atomic mass is 16.5. The standard InChI is InChI=1S/C20H24N2O3/c1-6-14-10-15(12-22(5)20(14)24)17-11-16(21-19(23)7-2)8-9-18(17)25-13(3)4/h7-13H,2,6H2,1,3-5H3,(H,21,23). The monoisotopic (exact) mass is 340 g/mol. The van der Waals surface area contributed by atoms with Crippen molar-refractivity contribution in [1.82, 2.24) is 4.57 Å². The molecule has 25 heavy (non-hydrogen) atoms. The van der Waals surface area contributed by atoms with Crippen LogP contribution in [0.25, 0.3) is 11.1 Å². The Balaban J connectivity index is 2.61. The van der Waals surface area contributed by atoms with Gasteiger partial charge in [-0.05, 0) is 50.6 Å². The zero-order valence-corrected chi connectivity index (χ0v) is 15.1. The van der Waals surface area contributed by atoms with E-state index in [1.807, 2.05) is 39.0 Å². The maximum atomic E-state index is 12.2. The number of nitrogens with zero attached hydrogens (tertiary/aromatic N) is 1. The van der Waals surface area contributed by atoms with Gasteiger partial charge in [-0.2, -0.15) is 0 Å². The minimum absolute atomic E-state index is 0.00513. The summed E-state index contributed by atoms with van der Waals surface area (Å²) in [5, 5.41) is 2.76. The lowest BCUT2D eigenvalue weighted by Gasteiger charge is -2.17. The van der Waals surface area contributed by atoms with Gasteiger partial charge in [0.2, 0.25) is 5.91 Å². The fourth-order valence-corrected chi connectivity index (χ4v) is 2.56. The van der Waals surface area contributed by atoms with E-state index >= 15 is 0 Å². The van der Waals surface area contributed by atoms with Crippen molar-refractivity contribution in [3.8, 4) is 16.9 Å². The van der Waals surface area contributed by atoms with Crippen LogP contribution < -0.4 is 15.6 Å². The summed E-state index contributed by atoms with van der Waals surface area (Å²) in [6, 6.07) is 7.33. The molecular formula is C20H24N2O3. The molecule has 0 atom stereocenters. The van der Waals surface area contributed by atoms with Crippen molar-refractivity contribution in [2.24, 2.45) is 7.05 Å². The molecule has 0 unspecified atom stereocenters. The number of amides is 1. The quantitative estimate of drug-likeness (QED) is 0.819. The largest absolute Gasteiger partial charge is 0.490 e. The van der Waals surface area contributed by atoms with Crippen molar-refractivity contribution in [1.29, 1.82) is 0 Å². The minimum atomic E-state index is -0.279. The van der Waals surface area contributed by atoms with E-state index in [2.05, 4.69) is 11.9 Å². The zero-order chi connectivity index (χ0) is 18.6. The van der Waals surface area contributed by atoms with Crippen molar-refractivity contribution in [2.75, 3.05) is 5.32 Å². The van der Waals surface area contributed by atoms with Gasteiger partial charge in [-0.15, -0.1) is 0 Å². The maximum Gasteiger partial charge on any atom is 0.253 e. The van der Waals surface area contributed by atoms with Crippen LogP contribution in [0.4, 0.5) is 5.69 Å². The van der Waals surface area contributed by atoms with Crippen LogP contribution in [0.2, 0.25) is 0 Å². The van der Waals surface area contributed by atoms with Crippen LogP contribution in [0.1, 0.15) is 26.3 Å². The lowest BCUT2D eigenvalue weighted by Crippen LogP contribution is -2.20. The first-order chi connectivity index (χ1) is 11.8. The number of aromatic nitrogens is 1. The Labute approximate surface area is 147 Å². The predicted octanol–water partition coefficient (Wildman–Crippen LogP) is 3.53. The summed E-state index contributed by atoms with van der Waals surface area (Å²) in [5.74, 6) is 0.422. The molecule has 0 saturated carbocycles. The summed E-state index contributed by atoms with van der Waals surface area (Å²) in [7, 11) is 1.73. The number of rotatable bonds is 6. The van der Waals surface area contributed by atoms with Crippen LogP contribution in [0.5, 0.6) is 5.75 Å². The molecule has 2 aromatic rings. The van der Waals surface area contributed by atoms with Gasteiger partial charge in [0.15, 0.2) is 0 Å². The van der Waals surface area contributed by atoms with Gasteiger partial charge in [-0.25, -0.2) is 0 Å². The molecule has 0 fully saturated rings. The first-order valence-corrected chi connectivity index (χ1v) is 8.29. The molecule has 0 aliphatic carbocycles. The number of nitrogens with one attached hydrogen (secondary N) is 1. The van der Waals surface area contributed by atoms with E-state index in [1.54, 1.807) is 23.9 Å². The topological polar surface area (TPSA) is 60.3 Å². The molecule has 1 aromatic heterocycles. The number of carbonyl (C=O) groups is 1. The third kappa shape index (κ3) is 4.38. The molecule has 0 spiro atoms. The number of pyridine rings is 1. The maximum absolute atomic E-state index is 12.2. The predicted molar refractivity (Wildman–Crippen MR) is 101 cm³/mol. The van der Waals surface area contributed by atoms with Gasteiger partial charge < -0.3 is 14.6 Å². The Hall–Kier alpha value is -2.82. The van der Waals surface area contributed by atoms with Crippen LogP contribution in [-0.2, 0) is 18.3 Å². The van der Waals surface area contributed by atoms with Gasteiger partial charge in [0, 0.05) is 35.6 Å². The number of ether oxygens (including phenoxy) is 1. The number of carbonyl (C=O) groups excluding carboxylic acids is 1. The Kier molecular flexibility index (Phi) is 5.80. The van der Waals surface area contributed by atoms with Crippen molar-refractivity contribution >= 4 is 11.6 Å². The Bertz CT molecular complexity index is 851. The van der Waals surface area contributed by atoms with Crippen LogP contribution >= 0.6 is 0 Å². The summed E-state index contributed by atoms with van der Waals surface area (Å²) in [6.07, 6.45) is 3.65. The molecule has 0 aliphatic rings. The second-order valence-electron chi connectivity index (χ2n) is 6.09. The lowest BCUT2D eigenvalue weighted by molar-refractivity contribution is -0.111. The van der Waals surface area contributed by atoms with Crippen LogP contribution in [-0.4, -0.2) is 16.6 Å². The smallest absolute Gasteiger partial charge is 0.253 e. The lowest BCUT2D eigenvalue weighted by atomic mass is 10.0. The molecule has 1 heterocycles. The van der Waals surface area contributed by atoms with Gasteiger partial charge in [0.05, 0.1) is 6.10 Å². The van der Waals surface area contributed by atoms with Gasteiger partial charge in [-0.1, -0.05) is 13.5 Å². The van der Waals surface area contributed by atoms with E-state index in [1.165, 1.54) is 6.08 Å². The molecule has 5 heteroatoms. The van der Waals surface area contributed by atoms with Crippen LogP contribution in [0.3, 0.4) is 0 Å². The number of benzene rings is 1. The molecule has 0 saturated heterocycles. The Morgan fingerprint density at radius 2 is 2.08 bits per heavy atom. The van der Waals surface area contributed by atoms with E-state index in [0.717, 1.165) is 16.7 Å². The fourth-order valence-electron chi connectivity index (χ4n) is 2.56. The molecule has 132 valence electrons. The van der Waals surface area contributed by atoms with Gasteiger partial charge >= 0.3 is 0 Å². The number of aryl methyl sites for hydroxylation is 2. The fraction of sp³-hybridized carbons (Fsp3) is 0.300. The third-order valence-corrected chi connectivity index (χ3v) is 3.74. The second-order valence-corrected chi connectivity index (χ2v) is 6.09. The number of anilines is 1. The Morgan fingerprint density at radius 3 is 2.68 bits per heavy atom. The summed E-state index contributed by atoms with van der Waals surface area (Å²) in [6.45, 7) is 9.32. The normalized spacial score (nSPS) is 10.6. The first kappa shape index (κ1) is 18.5. The van der Waals surface area contributed by atoms with E-state index < -0.39 is 0 Å². The zero-order valence-electron chi connectivity index (χ0n) is 15.1. The highest BCUT2D eigenvalue weighted by Gasteiger charge is 2.13. The molecule has 2 rings (SSSR count). The molecule has 5 nitrogen and oxygen atoms in total. The van der Waals surface area contributed by atoms with Crippen molar-refractivity contribution in [3.05, 3.63) is 59.0 Å².